The van der Waals surface area contributed by atoms with Crippen molar-refractivity contribution in [2.45, 2.75) is 44.9 Å². The smallest absolute Gasteiger partial charge is 0.303 e. The summed E-state index contributed by atoms with van der Waals surface area (Å²) < 4.78 is 0. The molecule has 4 nitrogen and oxygen atoms in total. The highest BCUT2D eigenvalue weighted by Gasteiger charge is 2.26. The molecule has 21 heavy (non-hydrogen) atoms. The summed E-state index contributed by atoms with van der Waals surface area (Å²) in [6.07, 6.45) is 6.33. The van der Waals surface area contributed by atoms with Crippen LogP contribution in [0.2, 0.25) is 0 Å². The molecular weight excluding hydrogens is 286 g/mol. The molecule has 1 aliphatic carbocycles. The molecule has 2 aliphatic rings. The Bertz CT molecular complexity index is 522. The second-order valence-electron chi connectivity index (χ2n) is 6.08. The van der Waals surface area contributed by atoms with Gasteiger partial charge in [0.05, 0.1) is 4.88 Å². The molecule has 0 radical (unpaired) electrons. The molecule has 5 heteroatoms. The van der Waals surface area contributed by atoms with E-state index in [9.17, 15) is 9.59 Å². The average molecular weight is 307 g/mol. The van der Waals surface area contributed by atoms with Crippen LogP contribution in [-0.2, 0) is 17.6 Å². The molecule has 0 bridgehead atoms. The van der Waals surface area contributed by atoms with Gasteiger partial charge in [0.15, 0.2) is 0 Å². The molecule has 0 saturated carbocycles. The highest BCUT2D eigenvalue weighted by atomic mass is 32.1. The Kier molecular flexibility index (Phi) is 4.29. The van der Waals surface area contributed by atoms with Crippen LogP contribution in [0.15, 0.2) is 6.07 Å². The Labute approximate surface area is 128 Å². The number of fused-ring (bicyclic) bond motifs is 1. The van der Waals surface area contributed by atoms with Gasteiger partial charge in [0.2, 0.25) is 0 Å². The van der Waals surface area contributed by atoms with Gasteiger partial charge in [-0.25, -0.2) is 0 Å². The Morgan fingerprint density at radius 2 is 2.05 bits per heavy atom. The van der Waals surface area contributed by atoms with Crippen LogP contribution >= 0.6 is 11.3 Å². The molecule has 1 N–H and O–H groups in total. The molecule has 1 aromatic rings. The van der Waals surface area contributed by atoms with Crippen molar-refractivity contribution in [1.82, 2.24) is 4.90 Å². The number of carboxylic acid groups (broad SMARTS) is 1. The fourth-order valence-electron chi connectivity index (χ4n) is 3.34. The number of aryl methyl sites for hydroxylation is 2. The number of carboxylic acids is 1. The van der Waals surface area contributed by atoms with Crippen molar-refractivity contribution >= 4 is 23.2 Å². The summed E-state index contributed by atoms with van der Waals surface area (Å²) in [5, 5.41) is 8.73. The highest BCUT2D eigenvalue weighted by molar-refractivity contribution is 7.14. The number of carbonyl (C=O) groups is 2. The summed E-state index contributed by atoms with van der Waals surface area (Å²) in [5.74, 6) is -0.0915. The zero-order valence-corrected chi connectivity index (χ0v) is 13.0. The number of aliphatic carboxylic acids is 1. The van der Waals surface area contributed by atoms with Gasteiger partial charge in [-0.15, -0.1) is 11.3 Å². The summed E-state index contributed by atoms with van der Waals surface area (Å²) in [6, 6.07) is 2.09. The predicted molar refractivity (Wildman–Crippen MR) is 81.8 cm³/mol. The minimum atomic E-state index is -0.721. The van der Waals surface area contributed by atoms with Crippen LogP contribution in [0.1, 0.15) is 52.2 Å². The number of hydrogen-bond donors (Lipinski definition) is 1. The molecule has 1 aliphatic heterocycles. The summed E-state index contributed by atoms with van der Waals surface area (Å²) >= 11 is 1.67. The van der Waals surface area contributed by atoms with E-state index < -0.39 is 5.97 Å². The second kappa shape index (κ2) is 6.18. The lowest BCUT2D eigenvalue weighted by atomic mass is 9.92. The number of carbonyl (C=O) groups excluding carboxylic acids is 1. The Balaban J connectivity index is 1.54. The highest BCUT2D eigenvalue weighted by Crippen LogP contribution is 2.32. The van der Waals surface area contributed by atoms with Crippen LogP contribution in [0.25, 0.3) is 0 Å². The van der Waals surface area contributed by atoms with Crippen molar-refractivity contribution in [2.24, 2.45) is 5.92 Å². The van der Waals surface area contributed by atoms with E-state index >= 15 is 0 Å². The summed E-state index contributed by atoms with van der Waals surface area (Å²) in [5.41, 5.74) is 1.37. The molecule has 2 heterocycles. The summed E-state index contributed by atoms with van der Waals surface area (Å²) in [4.78, 5) is 27.4. The van der Waals surface area contributed by atoms with Crippen molar-refractivity contribution < 1.29 is 14.7 Å². The van der Waals surface area contributed by atoms with Gasteiger partial charge in [0, 0.05) is 24.4 Å². The van der Waals surface area contributed by atoms with Crippen molar-refractivity contribution in [1.29, 1.82) is 0 Å². The monoisotopic (exact) mass is 307 g/mol. The first-order valence-corrected chi connectivity index (χ1v) is 8.58. The van der Waals surface area contributed by atoms with E-state index in [1.807, 2.05) is 4.90 Å². The Morgan fingerprint density at radius 3 is 2.71 bits per heavy atom. The van der Waals surface area contributed by atoms with E-state index in [2.05, 4.69) is 6.07 Å². The third kappa shape index (κ3) is 3.28. The molecule has 0 spiro atoms. The standard InChI is InChI=1S/C16H21NO3S/c18-15(19)5-4-11-6-8-17(9-7-11)16(20)14-10-12-2-1-3-13(12)21-14/h10-11H,1-9H2,(H,18,19). The van der Waals surface area contributed by atoms with Gasteiger partial charge in [-0.3, -0.25) is 9.59 Å². The maximum atomic E-state index is 12.5. The van der Waals surface area contributed by atoms with Crippen LogP contribution in [0, 0.1) is 5.92 Å². The van der Waals surface area contributed by atoms with Gasteiger partial charge in [-0.2, -0.15) is 0 Å². The van der Waals surface area contributed by atoms with Gasteiger partial charge in [-0.1, -0.05) is 0 Å². The minimum absolute atomic E-state index is 0.172. The van der Waals surface area contributed by atoms with Crippen LogP contribution < -0.4 is 0 Å². The average Bonchev–Trinajstić information content (AvgIpc) is 3.06. The first kappa shape index (κ1) is 14.6. The Morgan fingerprint density at radius 1 is 1.29 bits per heavy atom. The fraction of sp³-hybridized carbons (Fsp3) is 0.625. The van der Waals surface area contributed by atoms with Crippen LogP contribution in [0.4, 0.5) is 0 Å². The topological polar surface area (TPSA) is 57.6 Å². The lowest BCUT2D eigenvalue weighted by Crippen LogP contribution is -2.38. The summed E-state index contributed by atoms with van der Waals surface area (Å²) in [6.45, 7) is 1.54. The van der Waals surface area contributed by atoms with Crippen LogP contribution in [0.5, 0.6) is 0 Å². The second-order valence-corrected chi connectivity index (χ2v) is 7.22. The van der Waals surface area contributed by atoms with E-state index in [0.29, 0.717) is 5.92 Å². The summed E-state index contributed by atoms with van der Waals surface area (Å²) in [7, 11) is 0. The number of amides is 1. The number of hydrogen-bond acceptors (Lipinski definition) is 3. The van der Waals surface area contributed by atoms with E-state index in [1.54, 1.807) is 11.3 Å². The number of piperidine rings is 1. The van der Waals surface area contributed by atoms with Crippen molar-refractivity contribution in [3.8, 4) is 0 Å². The molecule has 1 fully saturated rings. The molecule has 1 aromatic heterocycles. The third-order valence-electron chi connectivity index (χ3n) is 4.63. The molecular formula is C16H21NO3S. The van der Waals surface area contributed by atoms with E-state index in [0.717, 1.165) is 50.1 Å². The van der Waals surface area contributed by atoms with Crippen molar-refractivity contribution in [3.63, 3.8) is 0 Å². The number of likely N-dealkylation sites (tertiary alicyclic amines) is 1. The van der Waals surface area contributed by atoms with E-state index in [4.69, 9.17) is 5.11 Å². The number of rotatable bonds is 4. The lowest BCUT2D eigenvalue weighted by Gasteiger charge is -2.31. The van der Waals surface area contributed by atoms with Gasteiger partial charge in [0.1, 0.15) is 0 Å². The zero-order valence-electron chi connectivity index (χ0n) is 12.1. The molecule has 0 aromatic carbocycles. The Hall–Kier alpha value is -1.36. The molecule has 0 atom stereocenters. The number of thiophene rings is 1. The SMILES string of the molecule is O=C(O)CCC1CCN(C(=O)c2cc3c(s2)CCC3)CC1. The third-order valence-corrected chi connectivity index (χ3v) is 5.85. The normalized spacial score (nSPS) is 18.8. The fourth-order valence-corrected chi connectivity index (χ4v) is 4.56. The van der Waals surface area contributed by atoms with Gasteiger partial charge in [-0.05, 0) is 56.1 Å². The van der Waals surface area contributed by atoms with E-state index in [-0.39, 0.29) is 12.3 Å². The van der Waals surface area contributed by atoms with Crippen LogP contribution in [0.3, 0.4) is 0 Å². The molecule has 114 valence electrons. The maximum Gasteiger partial charge on any atom is 0.303 e. The minimum Gasteiger partial charge on any atom is -0.481 e. The van der Waals surface area contributed by atoms with Crippen molar-refractivity contribution in [2.75, 3.05) is 13.1 Å². The zero-order chi connectivity index (χ0) is 14.8. The number of nitrogens with zero attached hydrogens (tertiary/aromatic N) is 1. The molecule has 1 amide bonds. The van der Waals surface area contributed by atoms with Gasteiger partial charge in [0.25, 0.3) is 5.91 Å². The molecule has 0 unspecified atom stereocenters. The quantitative estimate of drug-likeness (QED) is 0.930. The van der Waals surface area contributed by atoms with Crippen LogP contribution in [-0.4, -0.2) is 35.0 Å². The van der Waals surface area contributed by atoms with E-state index in [1.165, 1.54) is 16.9 Å². The van der Waals surface area contributed by atoms with Crippen molar-refractivity contribution in [3.05, 3.63) is 21.4 Å². The first-order valence-electron chi connectivity index (χ1n) is 7.76. The maximum absolute atomic E-state index is 12.5. The first-order chi connectivity index (χ1) is 10.1. The predicted octanol–water partition coefficient (Wildman–Crippen LogP) is 2.95. The molecule has 3 rings (SSSR count). The van der Waals surface area contributed by atoms with Gasteiger partial charge < -0.3 is 10.0 Å². The lowest BCUT2D eigenvalue weighted by molar-refractivity contribution is -0.137. The largest absolute Gasteiger partial charge is 0.481 e. The molecule has 1 saturated heterocycles. The van der Waals surface area contributed by atoms with Gasteiger partial charge >= 0.3 is 5.97 Å².